The number of alkyl halides is 3. The normalized spacial score (nSPS) is 10.8. The molecule has 0 aliphatic rings. The van der Waals surface area contributed by atoms with Crippen LogP contribution in [0, 0.1) is 11.3 Å². The maximum Gasteiger partial charge on any atom is 0.490 e. The summed E-state index contributed by atoms with van der Waals surface area (Å²) < 4.78 is 42.4. The molecule has 0 amide bonds. The Morgan fingerprint density at radius 2 is 1.44 bits per heavy atom. The van der Waals surface area contributed by atoms with Crippen molar-refractivity contribution in [3.63, 3.8) is 0 Å². The van der Waals surface area contributed by atoms with Crippen molar-refractivity contribution in [3.05, 3.63) is 53.5 Å². The van der Waals surface area contributed by atoms with Gasteiger partial charge in [-0.05, 0) is 55.2 Å². The number of halogens is 3. The van der Waals surface area contributed by atoms with Crippen LogP contribution in [0.4, 0.5) is 13.2 Å². The molecule has 0 spiro atoms. The van der Waals surface area contributed by atoms with Crippen LogP contribution in [0.1, 0.15) is 47.6 Å². The number of amidine groups is 1. The number of rotatable bonds is 11. The van der Waals surface area contributed by atoms with Crippen LogP contribution in [0.15, 0.2) is 40.8 Å². The van der Waals surface area contributed by atoms with Crippen molar-refractivity contribution in [1.29, 1.82) is 5.41 Å². The number of benzene rings is 1. The average Bonchev–Trinajstić information content (AvgIpc) is 3.24. The Labute approximate surface area is 201 Å². The SMILES string of the molecule is N=C(N)c1ccc(OC(=O)c2ccc(CC(CCC(=O)O)CCC(=O)O)o2)cc1.O=C(O)C(F)(F)F. The van der Waals surface area contributed by atoms with E-state index < -0.39 is 30.1 Å². The molecular weight excluding hydrogens is 493 g/mol. The van der Waals surface area contributed by atoms with Crippen molar-refractivity contribution in [1.82, 2.24) is 0 Å². The number of carbonyl (C=O) groups is 4. The number of ether oxygens (including phenoxy) is 1. The van der Waals surface area contributed by atoms with Gasteiger partial charge in [-0.25, -0.2) is 9.59 Å². The number of nitrogen functional groups attached to an aromatic ring is 1. The largest absolute Gasteiger partial charge is 0.490 e. The lowest BCUT2D eigenvalue weighted by Crippen LogP contribution is -2.21. The number of hydrogen-bond acceptors (Lipinski definition) is 7. The van der Waals surface area contributed by atoms with Crippen LogP contribution in [0.5, 0.6) is 5.75 Å². The van der Waals surface area contributed by atoms with Crippen LogP contribution in [0.3, 0.4) is 0 Å². The smallest absolute Gasteiger partial charge is 0.481 e. The Morgan fingerprint density at radius 3 is 1.86 bits per heavy atom. The van der Waals surface area contributed by atoms with E-state index in [0.717, 1.165) is 0 Å². The van der Waals surface area contributed by atoms with Gasteiger partial charge in [0, 0.05) is 24.8 Å². The van der Waals surface area contributed by atoms with Crippen molar-refractivity contribution < 1.29 is 56.8 Å². The number of esters is 1. The fraction of sp³-hybridized carbons (Fsp3) is 0.318. The van der Waals surface area contributed by atoms with Crippen LogP contribution >= 0.6 is 0 Å². The van der Waals surface area contributed by atoms with Crippen LogP contribution < -0.4 is 10.5 Å². The standard InChI is InChI=1S/C20H22N2O7.C2HF3O2/c21-19(22)13-3-5-14(6-4-13)29-20(27)16-8-7-15(28-16)11-12(1-9-17(23)24)2-10-18(25)26;3-2(4,5)1(6)7/h3-8,12H,1-2,9-11H2,(H3,21,22)(H,23,24)(H,25,26);(H,6,7). The zero-order valence-electron chi connectivity index (χ0n) is 18.6. The molecule has 11 nitrogen and oxygen atoms in total. The molecule has 196 valence electrons. The molecule has 0 atom stereocenters. The summed E-state index contributed by atoms with van der Waals surface area (Å²) in [5, 5.41) is 32.2. The molecule has 6 N–H and O–H groups in total. The molecule has 0 aliphatic carbocycles. The minimum atomic E-state index is -5.08. The third kappa shape index (κ3) is 11.2. The number of hydrogen-bond donors (Lipinski definition) is 5. The van der Waals surface area contributed by atoms with Gasteiger partial charge in [0.2, 0.25) is 5.76 Å². The number of carbonyl (C=O) groups excluding carboxylic acids is 1. The Balaban J connectivity index is 0.000000809. The number of aliphatic carboxylic acids is 3. The molecule has 0 bridgehead atoms. The van der Waals surface area contributed by atoms with E-state index in [4.69, 9.17) is 40.4 Å². The van der Waals surface area contributed by atoms with Gasteiger partial charge in [0.25, 0.3) is 0 Å². The highest BCUT2D eigenvalue weighted by Gasteiger charge is 2.38. The third-order valence-electron chi connectivity index (χ3n) is 4.50. The molecule has 36 heavy (non-hydrogen) atoms. The molecule has 0 saturated carbocycles. The van der Waals surface area contributed by atoms with Gasteiger partial charge in [0.05, 0.1) is 0 Å². The number of furan rings is 1. The minimum Gasteiger partial charge on any atom is -0.481 e. The predicted molar refractivity (Wildman–Crippen MR) is 116 cm³/mol. The van der Waals surface area contributed by atoms with E-state index in [1.165, 1.54) is 18.2 Å². The summed E-state index contributed by atoms with van der Waals surface area (Å²) in [6.45, 7) is 0. The van der Waals surface area contributed by atoms with Gasteiger partial charge in [-0.1, -0.05) is 0 Å². The maximum absolute atomic E-state index is 12.2. The summed E-state index contributed by atoms with van der Waals surface area (Å²) in [7, 11) is 0. The number of nitrogens with one attached hydrogen (secondary N) is 1. The molecule has 0 aliphatic heterocycles. The first kappa shape index (κ1) is 29.7. The highest BCUT2D eigenvalue weighted by molar-refractivity contribution is 5.95. The summed E-state index contributed by atoms with van der Waals surface area (Å²) >= 11 is 0. The van der Waals surface area contributed by atoms with Gasteiger partial charge in [-0.3, -0.25) is 15.0 Å². The summed E-state index contributed by atoms with van der Waals surface area (Å²) in [5.41, 5.74) is 5.87. The number of carboxylic acids is 3. The lowest BCUT2D eigenvalue weighted by Gasteiger charge is -2.13. The van der Waals surface area contributed by atoms with Crippen molar-refractivity contribution in [3.8, 4) is 5.75 Å². The molecule has 0 fully saturated rings. The molecule has 1 aromatic heterocycles. The minimum absolute atomic E-state index is 0.0223. The van der Waals surface area contributed by atoms with Gasteiger partial charge in [0.1, 0.15) is 17.3 Å². The van der Waals surface area contributed by atoms with E-state index in [1.807, 2.05) is 0 Å². The first-order valence-corrected chi connectivity index (χ1v) is 10.2. The van der Waals surface area contributed by atoms with Gasteiger partial charge >= 0.3 is 30.1 Å². The van der Waals surface area contributed by atoms with Gasteiger partial charge in [-0.15, -0.1) is 0 Å². The molecule has 2 rings (SSSR count). The molecule has 1 heterocycles. The van der Waals surface area contributed by atoms with E-state index in [9.17, 15) is 27.6 Å². The van der Waals surface area contributed by atoms with Crippen LogP contribution in [0.2, 0.25) is 0 Å². The van der Waals surface area contributed by atoms with Crippen molar-refractivity contribution in [2.75, 3.05) is 0 Å². The molecule has 0 saturated heterocycles. The van der Waals surface area contributed by atoms with E-state index in [-0.39, 0.29) is 36.1 Å². The fourth-order valence-electron chi connectivity index (χ4n) is 2.75. The molecule has 2 aromatic rings. The van der Waals surface area contributed by atoms with E-state index in [2.05, 4.69) is 0 Å². The quantitative estimate of drug-likeness (QED) is 0.128. The second-order valence-corrected chi connectivity index (χ2v) is 7.33. The molecular formula is C22H23F3N2O9. The summed E-state index contributed by atoms with van der Waals surface area (Å²) in [4.78, 5) is 42.7. The second kappa shape index (κ2) is 13.5. The zero-order chi connectivity index (χ0) is 27.5. The van der Waals surface area contributed by atoms with Crippen molar-refractivity contribution >= 4 is 29.7 Å². The van der Waals surface area contributed by atoms with Crippen LogP contribution in [-0.2, 0) is 20.8 Å². The van der Waals surface area contributed by atoms with E-state index >= 15 is 0 Å². The Morgan fingerprint density at radius 1 is 0.944 bits per heavy atom. The molecule has 0 unspecified atom stereocenters. The molecule has 1 aromatic carbocycles. The predicted octanol–water partition coefficient (Wildman–Crippen LogP) is 3.30. The highest BCUT2D eigenvalue weighted by Crippen LogP contribution is 2.22. The lowest BCUT2D eigenvalue weighted by molar-refractivity contribution is -0.192. The summed E-state index contributed by atoms with van der Waals surface area (Å²) in [6.07, 6.45) is -4.29. The van der Waals surface area contributed by atoms with E-state index in [1.54, 1.807) is 18.2 Å². The van der Waals surface area contributed by atoms with E-state index in [0.29, 0.717) is 30.6 Å². The van der Waals surface area contributed by atoms with Crippen LogP contribution in [-0.4, -0.2) is 51.2 Å². The first-order valence-electron chi connectivity index (χ1n) is 10.2. The summed E-state index contributed by atoms with van der Waals surface area (Å²) in [6, 6.07) is 9.15. The zero-order valence-corrected chi connectivity index (χ0v) is 18.6. The second-order valence-electron chi connectivity index (χ2n) is 7.33. The van der Waals surface area contributed by atoms with Gasteiger partial charge < -0.3 is 30.2 Å². The lowest BCUT2D eigenvalue weighted by atomic mass is 9.93. The molecule has 0 radical (unpaired) electrons. The maximum atomic E-state index is 12.2. The molecule has 14 heteroatoms. The third-order valence-corrected chi connectivity index (χ3v) is 4.50. The Kier molecular flexibility index (Phi) is 11.1. The van der Waals surface area contributed by atoms with Crippen molar-refractivity contribution in [2.24, 2.45) is 11.7 Å². The average molecular weight is 516 g/mol. The first-order chi connectivity index (χ1) is 16.7. The van der Waals surface area contributed by atoms with Crippen LogP contribution in [0.25, 0.3) is 0 Å². The summed E-state index contributed by atoms with van der Waals surface area (Å²) in [5.74, 6) is -4.98. The van der Waals surface area contributed by atoms with Gasteiger partial charge in [-0.2, -0.15) is 13.2 Å². The fourth-order valence-corrected chi connectivity index (χ4v) is 2.75. The van der Waals surface area contributed by atoms with Gasteiger partial charge in [0.15, 0.2) is 0 Å². The Hall–Kier alpha value is -4.36. The number of carboxylic acid groups (broad SMARTS) is 3. The number of nitrogens with two attached hydrogens (primary N) is 1. The topological polar surface area (TPSA) is 201 Å². The van der Waals surface area contributed by atoms with Crippen molar-refractivity contribution in [2.45, 2.75) is 38.3 Å². The highest BCUT2D eigenvalue weighted by atomic mass is 19.4. The Bertz CT molecular complexity index is 1060. The monoisotopic (exact) mass is 516 g/mol.